The van der Waals surface area contributed by atoms with Gasteiger partial charge >= 0.3 is 0 Å². The lowest BCUT2D eigenvalue weighted by Gasteiger charge is -2.11. The molecule has 0 saturated heterocycles. The van der Waals surface area contributed by atoms with Crippen LogP contribution in [-0.4, -0.2) is 19.9 Å². The number of hydrogen-bond acceptors (Lipinski definition) is 6. The van der Waals surface area contributed by atoms with Crippen molar-refractivity contribution < 1.29 is 0 Å². The SMILES string of the molecule is SCc1ccccc1-c1c2nc(c(-c3ccccc3CS)c3ccc([nH]3)c(-c3ccccc3CS)c3nc(c(-c4ccccc4CS)c4ccc1[nH]4)C=C3)C=C2. The standard InChI is InChI=1S/C48H38N4S4/c53-25-29-9-1-5-13-33(29)45-37-17-19-39(49-37)46(34-14-6-2-10-30(34)26-54)41-21-23-43(51-41)48(36-16-8-4-12-32(36)28-56)44-24-22-42(52-44)47(40-20-18-38(45)50-40)35-15-7-3-11-31(35)27-55/h1-24,49,52-56H,25-28H2. The summed E-state index contributed by atoms with van der Waals surface area (Å²) < 4.78 is 0. The van der Waals surface area contributed by atoms with Crippen molar-refractivity contribution in [3.05, 3.63) is 166 Å². The molecule has 8 heteroatoms. The maximum atomic E-state index is 5.48. The van der Waals surface area contributed by atoms with E-state index in [4.69, 9.17) is 60.5 Å². The molecule has 9 rings (SSSR count). The molecule has 2 aliphatic rings. The van der Waals surface area contributed by atoms with E-state index in [-0.39, 0.29) is 0 Å². The number of rotatable bonds is 8. The van der Waals surface area contributed by atoms with Gasteiger partial charge < -0.3 is 9.97 Å². The molecule has 0 spiro atoms. The number of aromatic amines is 2. The molecule has 0 amide bonds. The zero-order chi connectivity index (χ0) is 38.2. The fraction of sp³-hybridized carbons (Fsp3) is 0.0833. The van der Waals surface area contributed by atoms with Crippen LogP contribution in [0.4, 0.5) is 0 Å². The molecule has 56 heavy (non-hydrogen) atoms. The summed E-state index contributed by atoms with van der Waals surface area (Å²) in [7, 11) is 0. The van der Waals surface area contributed by atoms with Gasteiger partial charge in [-0.15, -0.1) is 0 Å². The van der Waals surface area contributed by atoms with Crippen LogP contribution in [0.25, 0.3) is 90.9 Å². The highest BCUT2D eigenvalue weighted by Crippen LogP contribution is 2.41. The number of hydrogen-bond donors (Lipinski definition) is 6. The van der Waals surface area contributed by atoms with Gasteiger partial charge in [0.2, 0.25) is 0 Å². The van der Waals surface area contributed by atoms with Gasteiger partial charge in [-0.1, -0.05) is 97.1 Å². The van der Waals surface area contributed by atoms with E-state index in [0.717, 1.165) is 112 Å². The summed E-state index contributed by atoms with van der Waals surface area (Å²) >= 11 is 19.1. The molecular weight excluding hydrogens is 761 g/mol. The van der Waals surface area contributed by atoms with Crippen LogP contribution >= 0.6 is 50.5 Å². The second-order valence-corrected chi connectivity index (χ2v) is 15.0. The molecule has 274 valence electrons. The molecule has 8 bridgehead atoms. The smallest absolute Gasteiger partial charge is 0.0737 e. The average Bonchev–Trinajstić information content (AvgIpc) is 4.10. The zero-order valence-corrected chi connectivity index (χ0v) is 33.9. The van der Waals surface area contributed by atoms with Crippen molar-refractivity contribution in [2.45, 2.75) is 23.0 Å². The number of thiol groups is 4. The normalized spacial score (nSPS) is 12.1. The summed E-state index contributed by atoms with van der Waals surface area (Å²) in [6, 6.07) is 42.5. The molecule has 5 heterocycles. The lowest BCUT2D eigenvalue weighted by Crippen LogP contribution is -1.94. The van der Waals surface area contributed by atoms with Gasteiger partial charge in [-0.2, -0.15) is 50.5 Å². The van der Waals surface area contributed by atoms with E-state index < -0.39 is 0 Å². The largest absolute Gasteiger partial charge is 0.354 e. The van der Waals surface area contributed by atoms with Gasteiger partial charge in [-0.25, -0.2) is 9.97 Å². The third-order valence-electron chi connectivity index (χ3n) is 10.6. The van der Waals surface area contributed by atoms with Crippen molar-refractivity contribution in [3.8, 4) is 44.5 Å². The first-order chi connectivity index (χ1) is 27.6. The minimum Gasteiger partial charge on any atom is -0.354 e. The predicted molar refractivity (Wildman–Crippen MR) is 251 cm³/mol. The van der Waals surface area contributed by atoms with E-state index in [1.54, 1.807) is 0 Å². The summed E-state index contributed by atoms with van der Waals surface area (Å²) in [5.74, 6) is 2.34. The van der Waals surface area contributed by atoms with Crippen LogP contribution < -0.4 is 0 Å². The van der Waals surface area contributed by atoms with Crippen molar-refractivity contribution in [2.24, 2.45) is 0 Å². The molecule has 0 unspecified atom stereocenters. The Labute approximate surface area is 348 Å². The average molecular weight is 799 g/mol. The quantitative estimate of drug-likeness (QED) is 0.0868. The highest BCUT2D eigenvalue weighted by Gasteiger charge is 2.21. The maximum absolute atomic E-state index is 5.48. The fourth-order valence-electron chi connectivity index (χ4n) is 7.95. The second kappa shape index (κ2) is 15.8. The highest BCUT2D eigenvalue weighted by molar-refractivity contribution is 7.79. The van der Waals surface area contributed by atoms with Gasteiger partial charge in [0.05, 0.1) is 22.8 Å². The van der Waals surface area contributed by atoms with E-state index in [9.17, 15) is 0 Å². The molecule has 4 aromatic carbocycles. The Morgan fingerprint density at radius 1 is 0.321 bits per heavy atom. The summed E-state index contributed by atoms with van der Waals surface area (Å²) in [4.78, 5) is 18.7. The van der Waals surface area contributed by atoms with Crippen molar-refractivity contribution in [3.63, 3.8) is 0 Å². The number of benzene rings is 4. The van der Waals surface area contributed by atoms with Gasteiger partial charge in [0, 0.05) is 67.3 Å². The van der Waals surface area contributed by atoms with Crippen LogP contribution in [0.1, 0.15) is 45.0 Å². The Kier molecular flexibility index (Phi) is 10.3. The third-order valence-corrected chi connectivity index (χ3v) is 11.9. The van der Waals surface area contributed by atoms with Gasteiger partial charge in [-0.3, -0.25) is 0 Å². The molecule has 0 aliphatic carbocycles. The first kappa shape index (κ1) is 36.5. The molecular formula is C48H38N4S4. The number of nitrogens with zero attached hydrogens (tertiary/aromatic N) is 2. The third kappa shape index (κ3) is 6.54. The monoisotopic (exact) mass is 798 g/mol. The molecule has 0 radical (unpaired) electrons. The first-order valence-electron chi connectivity index (χ1n) is 18.5. The van der Waals surface area contributed by atoms with Crippen molar-refractivity contribution in [1.82, 2.24) is 19.9 Å². The van der Waals surface area contributed by atoms with Crippen LogP contribution in [0.2, 0.25) is 0 Å². The van der Waals surface area contributed by atoms with E-state index in [1.807, 2.05) is 0 Å². The lowest BCUT2D eigenvalue weighted by molar-refractivity contribution is 1.29. The molecule has 2 N–H and O–H groups in total. The Hall–Kier alpha value is -5.12. The topological polar surface area (TPSA) is 57.4 Å². The number of nitrogens with one attached hydrogen (secondary N) is 2. The van der Waals surface area contributed by atoms with Gasteiger partial charge in [0.15, 0.2) is 0 Å². The van der Waals surface area contributed by atoms with Crippen molar-refractivity contribution >= 4 is 96.9 Å². The van der Waals surface area contributed by atoms with E-state index in [0.29, 0.717) is 23.0 Å². The Morgan fingerprint density at radius 3 is 0.786 bits per heavy atom. The van der Waals surface area contributed by atoms with E-state index in [1.165, 1.54) is 0 Å². The molecule has 0 saturated carbocycles. The van der Waals surface area contributed by atoms with Gasteiger partial charge in [0.25, 0.3) is 0 Å². The van der Waals surface area contributed by atoms with Gasteiger partial charge in [-0.05, 0) is 93.1 Å². The minimum atomic E-state index is 0.584. The Morgan fingerprint density at radius 2 is 0.554 bits per heavy atom. The molecule has 7 aromatic rings. The highest BCUT2D eigenvalue weighted by atomic mass is 32.1. The number of fused-ring (bicyclic) bond motifs is 8. The predicted octanol–water partition coefficient (Wildman–Crippen LogP) is 13.0. The van der Waals surface area contributed by atoms with Crippen LogP contribution in [0.3, 0.4) is 0 Å². The van der Waals surface area contributed by atoms with E-state index >= 15 is 0 Å². The lowest BCUT2D eigenvalue weighted by atomic mass is 9.99. The van der Waals surface area contributed by atoms with Crippen molar-refractivity contribution in [2.75, 3.05) is 0 Å². The second-order valence-electron chi connectivity index (χ2n) is 13.8. The van der Waals surface area contributed by atoms with E-state index in [2.05, 4.69) is 156 Å². The molecule has 0 atom stereocenters. The molecule has 2 aliphatic heterocycles. The summed E-state index contributed by atoms with van der Waals surface area (Å²) in [5, 5.41) is 0. The maximum Gasteiger partial charge on any atom is 0.0737 e. The summed E-state index contributed by atoms with van der Waals surface area (Å²) in [5.41, 5.74) is 20.1. The van der Waals surface area contributed by atoms with Crippen LogP contribution in [-0.2, 0) is 23.0 Å². The first-order valence-corrected chi connectivity index (χ1v) is 21.1. The van der Waals surface area contributed by atoms with Crippen molar-refractivity contribution in [1.29, 1.82) is 0 Å². The summed E-state index contributed by atoms with van der Waals surface area (Å²) in [6.07, 6.45) is 8.55. The minimum absolute atomic E-state index is 0.584. The molecule has 4 nitrogen and oxygen atoms in total. The van der Waals surface area contributed by atoms with Crippen LogP contribution in [0, 0.1) is 0 Å². The molecule has 3 aromatic heterocycles. The zero-order valence-electron chi connectivity index (χ0n) is 30.4. The Bertz CT molecular complexity index is 2500. The van der Waals surface area contributed by atoms with Crippen LogP contribution in [0.5, 0.6) is 0 Å². The van der Waals surface area contributed by atoms with Crippen LogP contribution in [0.15, 0.2) is 121 Å². The Balaban J connectivity index is 1.51. The van der Waals surface area contributed by atoms with Gasteiger partial charge in [0.1, 0.15) is 0 Å². The fourth-order valence-corrected chi connectivity index (χ4v) is 9.05. The molecule has 0 fully saturated rings. The number of H-pyrrole nitrogens is 2. The summed E-state index contributed by atoms with van der Waals surface area (Å²) in [6.45, 7) is 0. The number of aromatic nitrogens is 4.